The minimum atomic E-state index is -0.774. The van der Waals surface area contributed by atoms with Crippen molar-refractivity contribution < 1.29 is 14.6 Å². The summed E-state index contributed by atoms with van der Waals surface area (Å²) < 4.78 is 6.78. The van der Waals surface area contributed by atoms with Gasteiger partial charge in [-0.3, -0.25) is 4.79 Å². The van der Waals surface area contributed by atoms with Gasteiger partial charge in [-0.1, -0.05) is 36.4 Å². The highest BCUT2D eigenvalue weighted by Crippen LogP contribution is 2.23. The van der Waals surface area contributed by atoms with Gasteiger partial charge in [0.1, 0.15) is 12.4 Å². The Morgan fingerprint density at radius 1 is 1.10 bits per heavy atom. The van der Waals surface area contributed by atoms with Gasteiger partial charge in [0.2, 0.25) is 0 Å². The first-order chi connectivity index (χ1) is 9.65. The lowest BCUT2D eigenvalue weighted by molar-refractivity contribution is -0.136. The summed E-state index contributed by atoms with van der Waals surface area (Å²) in [6.07, 6.45) is 0.699. The zero-order valence-corrected chi connectivity index (χ0v) is 13.0. The van der Waals surface area contributed by atoms with Crippen LogP contribution in [0.3, 0.4) is 0 Å². The van der Waals surface area contributed by atoms with Crippen molar-refractivity contribution in [2.24, 2.45) is 0 Å². The number of aliphatic carboxylic acids is 1. The number of rotatable bonds is 6. The number of hydrogen-bond acceptors (Lipinski definition) is 2. The molecule has 0 aliphatic carbocycles. The highest BCUT2D eigenvalue weighted by molar-refractivity contribution is 14.1. The van der Waals surface area contributed by atoms with Crippen LogP contribution in [0.15, 0.2) is 48.5 Å². The van der Waals surface area contributed by atoms with Crippen LogP contribution in [0.5, 0.6) is 5.75 Å². The molecule has 0 bridgehead atoms. The molecule has 0 unspecified atom stereocenters. The highest BCUT2D eigenvalue weighted by atomic mass is 127. The van der Waals surface area contributed by atoms with Crippen molar-refractivity contribution in [3.8, 4) is 5.75 Å². The SMILES string of the molecule is O=C(O)CCc1ccc(OCc2ccccc2)c(I)c1. The standard InChI is InChI=1S/C16H15IO3/c17-14-10-12(7-9-16(18)19)6-8-15(14)20-11-13-4-2-1-3-5-13/h1-6,8,10H,7,9,11H2,(H,18,19). The van der Waals surface area contributed by atoms with E-state index in [0.29, 0.717) is 13.0 Å². The molecule has 0 saturated heterocycles. The maximum atomic E-state index is 10.6. The number of aryl methyl sites for hydroxylation is 1. The van der Waals surface area contributed by atoms with Crippen molar-refractivity contribution >= 4 is 28.6 Å². The maximum Gasteiger partial charge on any atom is 0.303 e. The molecule has 4 heteroatoms. The Balaban J connectivity index is 1.97. The lowest BCUT2D eigenvalue weighted by Crippen LogP contribution is -2.00. The number of carbonyl (C=O) groups is 1. The van der Waals surface area contributed by atoms with Gasteiger partial charge < -0.3 is 9.84 Å². The van der Waals surface area contributed by atoms with Crippen LogP contribution in [0.25, 0.3) is 0 Å². The fourth-order valence-corrected chi connectivity index (χ4v) is 2.54. The lowest BCUT2D eigenvalue weighted by Gasteiger charge is -2.09. The number of carboxylic acids is 1. The zero-order valence-electron chi connectivity index (χ0n) is 10.9. The van der Waals surface area contributed by atoms with Gasteiger partial charge >= 0.3 is 5.97 Å². The largest absolute Gasteiger partial charge is 0.488 e. The number of hydrogen-bond donors (Lipinski definition) is 1. The van der Waals surface area contributed by atoms with Gasteiger partial charge in [-0.2, -0.15) is 0 Å². The highest BCUT2D eigenvalue weighted by Gasteiger charge is 2.05. The van der Waals surface area contributed by atoms with Gasteiger partial charge in [-0.25, -0.2) is 0 Å². The van der Waals surface area contributed by atoms with Crippen LogP contribution in [-0.4, -0.2) is 11.1 Å². The average molecular weight is 382 g/mol. The van der Waals surface area contributed by atoms with E-state index in [9.17, 15) is 4.79 Å². The van der Waals surface area contributed by atoms with Crippen LogP contribution in [0.2, 0.25) is 0 Å². The van der Waals surface area contributed by atoms with Gasteiger partial charge in [0, 0.05) is 6.42 Å². The summed E-state index contributed by atoms with van der Waals surface area (Å²) in [5.74, 6) is 0.0536. The molecule has 0 saturated carbocycles. The summed E-state index contributed by atoms with van der Waals surface area (Å²) >= 11 is 2.21. The van der Waals surface area contributed by atoms with Crippen molar-refractivity contribution in [3.63, 3.8) is 0 Å². The zero-order chi connectivity index (χ0) is 14.4. The summed E-state index contributed by atoms with van der Waals surface area (Å²) in [6, 6.07) is 15.8. The summed E-state index contributed by atoms with van der Waals surface area (Å²) in [5, 5.41) is 8.68. The molecular weight excluding hydrogens is 367 g/mol. The molecule has 0 aliphatic heterocycles. The Labute approximate surface area is 131 Å². The predicted molar refractivity (Wildman–Crippen MR) is 85.9 cm³/mol. The number of benzene rings is 2. The maximum absolute atomic E-state index is 10.6. The third-order valence-electron chi connectivity index (χ3n) is 2.86. The van der Waals surface area contributed by atoms with E-state index >= 15 is 0 Å². The Morgan fingerprint density at radius 2 is 1.85 bits per heavy atom. The molecule has 1 N–H and O–H groups in total. The minimum absolute atomic E-state index is 0.153. The van der Waals surface area contributed by atoms with Crippen LogP contribution in [-0.2, 0) is 17.8 Å². The van der Waals surface area contributed by atoms with E-state index < -0.39 is 5.97 Å². The van der Waals surface area contributed by atoms with Crippen LogP contribution in [0.4, 0.5) is 0 Å². The van der Waals surface area contributed by atoms with Crippen molar-refractivity contribution in [3.05, 3.63) is 63.2 Å². The first-order valence-corrected chi connectivity index (χ1v) is 7.40. The summed E-state index contributed by atoms with van der Waals surface area (Å²) in [5.41, 5.74) is 2.14. The number of carboxylic acid groups (broad SMARTS) is 1. The molecule has 104 valence electrons. The fraction of sp³-hybridized carbons (Fsp3) is 0.188. The Kier molecular flexibility index (Phi) is 5.40. The van der Waals surface area contributed by atoms with Gasteiger partial charge in [-0.05, 0) is 52.3 Å². The quantitative estimate of drug-likeness (QED) is 0.772. The number of halogens is 1. The Bertz CT molecular complexity index is 582. The smallest absolute Gasteiger partial charge is 0.303 e. The normalized spacial score (nSPS) is 10.2. The molecule has 0 aliphatic rings. The van der Waals surface area contributed by atoms with Crippen molar-refractivity contribution in [2.75, 3.05) is 0 Å². The molecule has 2 aromatic rings. The first kappa shape index (κ1) is 14.8. The van der Waals surface area contributed by atoms with E-state index in [2.05, 4.69) is 22.6 Å². The monoisotopic (exact) mass is 382 g/mol. The topological polar surface area (TPSA) is 46.5 Å². The van der Waals surface area contributed by atoms with Crippen molar-refractivity contribution in [1.29, 1.82) is 0 Å². The van der Waals surface area contributed by atoms with Crippen molar-refractivity contribution in [2.45, 2.75) is 19.4 Å². The average Bonchev–Trinajstić information content (AvgIpc) is 2.45. The van der Waals surface area contributed by atoms with Gasteiger partial charge in [0.25, 0.3) is 0 Å². The summed E-state index contributed by atoms with van der Waals surface area (Å²) in [7, 11) is 0. The molecule has 2 rings (SSSR count). The molecule has 0 atom stereocenters. The molecule has 0 heterocycles. The molecule has 0 aromatic heterocycles. The van der Waals surface area contributed by atoms with E-state index in [4.69, 9.17) is 9.84 Å². The molecule has 20 heavy (non-hydrogen) atoms. The summed E-state index contributed by atoms with van der Waals surface area (Å²) in [6.45, 7) is 0.533. The second-order valence-electron chi connectivity index (χ2n) is 4.43. The third kappa shape index (κ3) is 4.52. The van der Waals surface area contributed by atoms with E-state index in [0.717, 1.165) is 20.4 Å². The lowest BCUT2D eigenvalue weighted by atomic mass is 10.1. The van der Waals surface area contributed by atoms with E-state index in [-0.39, 0.29) is 6.42 Å². The number of ether oxygens (including phenoxy) is 1. The molecule has 0 amide bonds. The van der Waals surface area contributed by atoms with Gasteiger partial charge in [0.15, 0.2) is 0 Å². The predicted octanol–water partition coefficient (Wildman–Crippen LogP) is 3.89. The molecule has 0 radical (unpaired) electrons. The van der Waals surface area contributed by atoms with Gasteiger partial charge in [-0.15, -0.1) is 0 Å². The van der Waals surface area contributed by atoms with Crippen LogP contribution in [0.1, 0.15) is 17.5 Å². The summed E-state index contributed by atoms with van der Waals surface area (Å²) in [4.78, 5) is 10.6. The van der Waals surface area contributed by atoms with E-state index in [1.54, 1.807) is 0 Å². The van der Waals surface area contributed by atoms with Crippen LogP contribution in [0, 0.1) is 3.57 Å². The van der Waals surface area contributed by atoms with E-state index in [1.165, 1.54) is 0 Å². The molecule has 3 nitrogen and oxygen atoms in total. The fourth-order valence-electron chi connectivity index (χ4n) is 1.80. The van der Waals surface area contributed by atoms with Crippen LogP contribution < -0.4 is 4.74 Å². The molecule has 0 spiro atoms. The first-order valence-electron chi connectivity index (χ1n) is 6.32. The Hall–Kier alpha value is -1.56. The third-order valence-corrected chi connectivity index (χ3v) is 3.70. The minimum Gasteiger partial charge on any atom is -0.488 e. The van der Waals surface area contributed by atoms with Crippen LogP contribution >= 0.6 is 22.6 Å². The van der Waals surface area contributed by atoms with Crippen molar-refractivity contribution in [1.82, 2.24) is 0 Å². The molecule has 2 aromatic carbocycles. The second-order valence-corrected chi connectivity index (χ2v) is 5.59. The molecule has 0 fully saturated rings. The van der Waals surface area contributed by atoms with Gasteiger partial charge in [0.05, 0.1) is 3.57 Å². The Morgan fingerprint density at radius 3 is 2.50 bits per heavy atom. The second kappa shape index (κ2) is 7.28. The van der Waals surface area contributed by atoms with E-state index in [1.807, 2.05) is 48.5 Å². The molecular formula is C16H15IO3.